The topological polar surface area (TPSA) is 81.2 Å². The van der Waals surface area contributed by atoms with E-state index in [1.807, 2.05) is 23.6 Å². The van der Waals surface area contributed by atoms with Crippen LogP contribution in [0, 0.1) is 0 Å². The van der Waals surface area contributed by atoms with Crippen LogP contribution in [0.1, 0.15) is 28.8 Å². The molecule has 6 nitrogen and oxygen atoms in total. The Morgan fingerprint density at radius 2 is 1.88 bits per heavy atom. The van der Waals surface area contributed by atoms with Crippen molar-refractivity contribution < 1.29 is 14.3 Å². The molecule has 1 N–H and O–H groups in total. The van der Waals surface area contributed by atoms with E-state index in [4.69, 9.17) is 32.9 Å². The number of benzene rings is 2. The lowest BCUT2D eigenvalue weighted by molar-refractivity contribution is -0.141. The van der Waals surface area contributed by atoms with Gasteiger partial charge >= 0.3 is 5.97 Å². The molecule has 0 saturated heterocycles. The van der Waals surface area contributed by atoms with E-state index in [1.165, 1.54) is 18.4 Å². The SMILES string of the molecule is COC(=O)C(C)c1ccc2nc(-c3nccs3)c(NC(=O)c3c(Cl)cccc3Cl)cc2c1. The summed E-state index contributed by atoms with van der Waals surface area (Å²) in [5.41, 5.74) is 2.63. The number of pyridine rings is 1. The number of methoxy groups -OCH3 is 1. The second-order valence-electron chi connectivity index (χ2n) is 6.97. The largest absolute Gasteiger partial charge is 0.469 e. The van der Waals surface area contributed by atoms with Gasteiger partial charge < -0.3 is 10.1 Å². The molecule has 1 amide bonds. The van der Waals surface area contributed by atoms with E-state index < -0.39 is 11.8 Å². The summed E-state index contributed by atoms with van der Waals surface area (Å²) in [6.45, 7) is 1.77. The van der Waals surface area contributed by atoms with Crippen molar-refractivity contribution in [3.63, 3.8) is 0 Å². The van der Waals surface area contributed by atoms with Gasteiger partial charge in [-0.2, -0.15) is 0 Å². The van der Waals surface area contributed by atoms with Gasteiger partial charge in [0.15, 0.2) is 0 Å². The highest BCUT2D eigenvalue weighted by Crippen LogP contribution is 2.34. The predicted octanol–water partition coefficient (Wildman–Crippen LogP) is 6.19. The van der Waals surface area contributed by atoms with Gasteiger partial charge in [-0.3, -0.25) is 9.59 Å². The summed E-state index contributed by atoms with van der Waals surface area (Å²) in [7, 11) is 1.36. The van der Waals surface area contributed by atoms with Gasteiger partial charge in [-0.1, -0.05) is 35.3 Å². The summed E-state index contributed by atoms with van der Waals surface area (Å²) in [4.78, 5) is 34.1. The van der Waals surface area contributed by atoms with Crippen LogP contribution < -0.4 is 5.32 Å². The van der Waals surface area contributed by atoms with Crippen LogP contribution in [0.5, 0.6) is 0 Å². The van der Waals surface area contributed by atoms with Crippen molar-refractivity contribution in [1.82, 2.24) is 9.97 Å². The van der Waals surface area contributed by atoms with Crippen LogP contribution in [0.4, 0.5) is 5.69 Å². The molecule has 2 aromatic heterocycles. The molecule has 1 atom stereocenters. The van der Waals surface area contributed by atoms with E-state index in [0.717, 1.165) is 10.9 Å². The van der Waals surface area contributed by atoms with E-state index in [0.29, 0.717) is 21.9 Å². The van der Waals surface area contributed by atoms with E-state index in [2.05, 4.69) is 10.3 Å². The van der Waals surface area contributed by atoms with Crippen LogP contribution in [0.25, 0.3) is 21.6 Å². The number of esters is 1. The van der Waals surface area contributed by atoms with Gasteiger partial charge in [0.1, 0.15) is 10.7 Å². The van der Waals surface area contributed by atoms with E-state index in [1.54, 1.807) is 37.4 Å². The molecule has 4 rings (SSSR count). The maximum atomic E-state index is 13.0. The monoisotopic (exact) mass is 485 g/mol. The number of rotatable bonds is 5. The summed E-state index contributed by atoms with van der Waals surface area (Å²) < 4.78 is 4.85. The van der Waals surface area contributed by atoms with Gasteiger partial charge in [0, 0.05) is 17.0 Å². The molecule has 32 heavy (non-hydrogen) atoms. The van der Waals surface area contributed by atoms with Crippen LogP contribution in [0.15, 0.2) is 54.0 Å². The first kappa shape index (κ1) is 22.2. The Hall–Kier alpha value is -3.00. The molecule has 4 aromatic rings. The predicted molar refractivity (Wildman–Crippen MR) is 128 cm³/mol. The molecule has 1 unspecified atom stereocenters. The minimum atomic E-state index is -0.460. The highest BCUT2D eigenvalue weighted by atomic mass is 35.5. The Kier molecular flexibility index (Phi) is 6.41. The van der Waals surface area contributed by atoms with Crippen molar-refractivity contribution in [3.05, 3.63) is 75.2 Å². The number of hydrogen-bond donors (Lipinski definition) is 1. The van der Waals surface area contributed by atoms with Crippen LogP contribution in [-0.2, 0) is 9.53 Å². The van der Waals surface area contributed by atoms with Gasteiger partial charge in [0.05, 0.1) is 39.8 Å². The molecular weight excluding hydrogens is 469 g/mol. The van der Waals surface area contributed by atoms with E-state index >= 15 is 0 Å². The third kappa shape index (κ3) is 4.32. The van der Waals surface area contributed by atoms with Crippen molar-refractivity contribution in [2.24, 2.45) is 0 Å². The number of fused-ring (bicyclic) bond motifs is 1. The lowest BCUT2D eigenvalue weighted by Crippen LogP contribution is -2.14. The van der Waals surface area contributed by atoms with Gasteiger partial charge in [-0.25, -0.2) is 9.97 Å². The minimum Gasteiger partial charge on any atom is -0.469 e. The number of aromatic nitrogens is 2. The summed E-state index contributed by atoms with van der Waals surface area (Å²) in [6.07, 6.45) is 1.67. The Morgan fingerprint density at radius 1 is 1.12 bits per heavy atom. The van der Waals surface area contributed by atoms with Crippen molar-refractivity contribution in [1.29, 1.82) is 0 Å². The van der Waals surface area contributed by atoms with Crippen LogP contribution >= 0.6 is 34.5 Å². The van der Waals surface area contributed by atoms with E-state index in [-0.39, 0.29) is 21.6 Å². The maximum absolute atomic E-state index is 13.0. The number of carbonyl (C=O) groups excluding carboxylic acids is 2. The third-order valence-electron chi connectivity index (χ3n) is 4.97. The summed E-state index contributed by atoms with van der Waals surface area (Å²) in [6, 6.07) is 12.2. The maximum Gasteiger partial charge on any atom is 0.312 e. The highest BCUT2D eigenvalue weighted by molar-refractivity contribution is 7.13. The number of hydrogen-bond acceptors (Lipinski definition) is 6. The van der Waals surface area contributed by atoms with Crippen LogP contribution in [0.3, 0.4) is 0 Å². The summed E-state index contributed by atoms with van der Waals surface area (Å²) in [5.74, 6) is -1.24. The number of nitrogens with zero attached hydrogens (tertiary/aromatic N) is 2. The molecule has 0 spiro atoms. The average molecular weight is 486 g/mol. The average Bonchev–Trinajstić information content (AvgIpc) is 3.31. The fraction of sp³-hybridized carbons (Fsp3) is 0.130. The molecule has 0 aliphatic rings. The highest BCUT2D eigenvalue weighted by Gasteiger charge is 2.20. The molecule has 0 radical (unpaired) electrons. The lowest BCUT2D eigenvalue weighted by Gasteiger charge is -2.14. The fourth-order valence-corrected chi connectivity index (χ4v) is 4.48. The normalized spacial score (nSPS) is 11.9. The summed E-state index contributed by atoms with van der Waals surface area (Å²) >= 11 is 13.8. The van der Waals surface area contributed by atoms with E-state index in [9.17, 15) is 9.59 Å². The molecule has 0 fully saturated rings. The molecule has 9 heteroatoms. The first-order chi connectivity index (χ1) is 15.4. The Bertz CT molecular complexity index is 1310. The molecule has 0 saturated carbocycles. The number of nitrogens with one attached hydrogen (secondary N) is 1. The molecule has 0 bridgehead atoms. The van der Waals surface area contributed by atoms with Gasteiger partial charge in [-0.15, -0.1) is 11.3 Å². The lowest BCUT2D eigenvalue weighted by atomic mass is 9.99. The fourth-order valence-electron chi connectivity index (χ4n) is 3.28. The molecular formula is C23H17Cl2N3O3S. The second kappa shape index (κ2) is 9.24. The minimum absolute atomic E-state index is 0.175. The van der Waals surface area contributed by atoms with Crippen LogP contribution in [-0.4, -0.2) is 29.0 Å². The van der Waals surface area contributed by atoms with Crippen LogP contribution in [0.2, 0.25) is 10.0 Å². The number of amides is 1. The van der Waals surface area contributed by atoms with Gasteiger partial charge in [-0.05, 0) is 42.8 Å². The Labute approximate surface area is 198 Å². The van der Waals surface area contributed by atoms with Crippen molar-refractivity contribution in [3.8, 4) is 10.7 Å². The first-order valence-electron chi connectivity index (χ1n) is 9.56. The number of thiazole rings is 1. The first-order valence-corrected chi connectivity index (χ1v) is 11.2. The second-order valence-corrected chi connectivity index (χ2v) is 8.68. The zero-order valence-electron chi connectivity index (χ0n) is 17.1. The van der Waals surface area contributed by atoms with Crippen molar-refractivity contribution in [2.45, 2.75) is 12.8 Å². The molecule has 0 aliphatic carbocycles. The molecule has 2 aromatic carbocycles. The zero-order valence-corrected chi connectivity index (χ0v) is 19.4. The van der Waals surface area contributed by atoms with Crippen molar-refractivity contribution >= 4 is 63.0 Å². The summed E-state index contributed by atoms with van der Waals surface area (Å²) in [5, 5.41) is 6.60. The van der Waals surface area contributed by atoms with Crippen molar-refractivity contribution in [2.75, 3.05) is 12.4 Å². The zero-order chi connectivity index (χ0) is 22.8. The van der Waals surface area contributed by atoms with Gasteiger partial charge in [0.25, 0.3) is 5.91 Å². The number of carbonyl (C=O) groups is 2. The van der Waals surface area contributed by atoms with Gasteiger partial charge in [0.2, 0.25) is 0 Å². The number of ether oxygens (including phenoxy) is 1. The smallest absolute Gasteiger partial charge is 0.312 e. The molecule has 0 aliphatic heterocycles. The number of anilines is 1. The quantitative estimate of drug-likeness (QED) is 0.340. The standard InChI is InChI=1S/C23H17Cl2N3O3S/c1-12(23(30)31-2)13-6-7-17-14(10-13)11-18(20(27-17)22-26-8-9-32-22)28-21(29)19-15(24)4-3-5-16(19)25/h3-12H,1-2H3,(H,28,29). The molecule has 2 heterocycles. The Balaban J connectivity index is 1.82. The number of halogens is 2. The molecule has 162 valence electrons. The Morgan fingerprint density at radius 3 is 2.53 bits per heavy atom. The third-order valence-corrected chi connectivity index (χ3v) is 6.38.